The van der Waals surface area contributed by atoms with E-state index in [2.05, 4.69) is 15.5 Å². The summed E-state index contributed by atoms with van der Waals surface area (Å²) in [5, 5.41) is 10.5. The number of hydrogen-bond donors (Lipinski definition) is 2. The number of carbonyl (C=O) groups excluding carboxylic acids is 1. The molecule has 104 valence electrons. The Hall–Kier alpha value is -1.40. The first-order valence-electron chi connectivity index (χ1n) is 6.88. The number of aromatic nitrogens is 2. The lowest BCUT2D eigenvalue weighted by molar-refractivity contribution is -0.0442. The van der Waals surface area contributed by atoms with Crippen molar-refractivity contribution in [1.29, 1.82) is 0 Å². The number of hydrogen-bond acceptors (Lipinski definition) is 4. The van der Waals surface area contributed by atoms with Gasteiger partial charge in [0.25, 0.3) is 5.91 Å². The van der Waals surface area contributed by atoms with E-state index in [0.717, 1.165) is 30.8 Å². The van der Waals surface area contributed by atoms with Crippen LogP contribution in [0.4, 0.5) is 0 Å². The van der Waals surface area contributed by atoms with Crippen LogP contribution in [-0.4, -0.2) is 52.8 Å². The van der Waals surface area contributed by atoms with Gasteiger partial charge in [-0.1, -0.05) is 0 Å². The molecule has 1 aromatic rings. The molecule has 0 spiro atoms. The summed E-state index contributed by atoms with van der Waals surface area (Å²) in [6.45, 7) is 6.93. The number of aromatic amines is 1. The molecule has 2 unspecified atom stereocenters. The molecule has 2 aliphatic rings. The average molecular weight is 264 g/mol. The molecule has 0 aromatic carbocycles. The smallest absolute Gasteiger partial charge is 0.275 e. The summed E-state index contributed by atoms with van der Waals surface area (Å²) >= 11 is 0. The lowest BCUT2D eigenvalue weighted by atomic mass is 10.0. The van der Waals surface area contributed by atoms with Crippen molar-refractivity contribution in [2.24, 2.45) is 0 Å². The van der Waals surface area contributed by atoms with Crippen molar-refractivity contribution in [3.05, 3.63) is 17.0 Å². The number of amides is 1. The van der Waals surface area contributed by atoms with Crippen molar-refractivity contribution in [3.8, 4) is 0 Å². The van der Waals surface area contributed by atoms with Crippen LogP contribution < -0.4 is 5.32 Å². The van der Waals surface area contributed by atoms with E-state index in [1.54, 1.807) is 0 Å². The maximum atomic E-state index is 12.6. The number of rotatable bonds is 1. The van der Waals surface area contributed by atoms with Gasteiger partial charge in [0.1, 0.15) is 0 Å². The Balaban J connectivity index is 1.85. The van der Waals surface area contributed by atoms with Gasteiger partial charge in [0.05, 0.1) is 18.8 Å². The summed E-state index contributed by atoms with van der Waals surface area (Å²) in [6, 6.07) is 0.0881. The van der Waals surface area contributed by atoms with Gasteiger partial charge in [-0.25, -0.2) is 0 Å². The van der Waals surface area contributed by atoms with Crippen molar-refractivity contribution in [3.63, 3.8) is 0 Å². The number of ether oxygens (including phenoxy) is 1. The fraction of sp³-hybridized carbons (Fsp3) is 0.692. The summed E-state index contributed by atoms with van der Waals surface area (Å²) in [6.07, 6.45) is 0.982. The van der Waals surface area contributed by atoms with Crippen LogP contribution in [0.2, 0.25) is 0 Å². The van der Waals surface area contributed by atoms with Crippen molar-refractivity contribution in [1.82, 2.24) is 20.4 Å². The number of H-pyrrole nitrogens is 1. The van der Waals surface area contributed by atoms with Crippen LogP contribution >= 0.6 is 0 Å². The van der Waals surface area contributed by atoms with Crippen LogP contribution in [0.25, 0.3) is 0 Å². The summed E-state index contributed by atoms with van der Waals surface area (Å²) < 4.78 is 5.57. The number of nitrogens with one attached hydrogen (secondary N) is 2. The summed E-state index contributed by atoms with van der Waals surface area (Å²) in [7, 11) is 0. The zero-order valence-corrected chi connectivity index (χ0v) is 11.4. The third-order valence-electron chi connectivity index (χ3n) is 4.15. The molecule has 1 aromatic heterocycles. The number of nitrogens with zero attached hydrogens (tertiary/aromatic N) is 2. The SMILES string of the molecule is CC1OCCN(C(=O)c2n[nH]c3c2CNCC3)C1C. The Labute approximate surface area is 112 Å². The minimum Gasteiger partial charge on any atom is -0.375 e. The molecular weight excluding hydrogens is 244 g/mol. The third-order valence-corrected chi connectivity index (χ3v) is 4.15. The van der Waals surface area contributed by atoms with E-state index in [4.69, 9.17) is 4.74 Å². The zero-order chi connectivity index (χ0) is 13.4. The van der Waals surface area contributed by atoms with Crippen molar-refractivity contribution in [2.75, 3.05) is 19.7 Å². The predicted molar refractivity (Wildman–Crippen MR) is 69.9 cm³/mol. The highest BCUT2D eigenvalue weighted by Crippen LogP contribution is 2.21. The molecule has 2 N–H and O–H groups in total. The second-order valence-corrected chi connectivity index (χ2v) is 5.27. The highest BCUT2D eigenvalue weighted by atomic mass is 16.5. The van der Waals surface area contributed by atoms with Crippen LogP contribution in [0.5, 0.6) is 0 Å². The van der Waals surface area contributed by atoms with Crippen molar-refractivity contribution < 1.29 is 9.53 Å². The molecule has 1 saturated heterocycles. The van der Waals surface area contributed by atoms with Gasteiger partial charge in [-0.15, -0.1) is 0 Å². The normalized spacial score (nSPS) is 27.2. The van der Waals surface area contributed by atoms with Crippen LogP contribution in [0.1, 0.15) is 35.6 Å². The average Bonchev–Trinajstić information content (AvgIpc) is 2.85. The Morgan fingerprint density at radius 3 is 3.16 bits per heavy atom. The molecule has 1 fully saturated rings. The standard InChI is InChI=1S/C13H20N4O2/c1-8-9(2)19-6-5-17(8)13(18)12-10-7-14-4-3-11(10)15-16-12/h8-9,14H,3-7H2,1-2H3,(H,15,16). The summed E-state index contributed by atoms with van der Waals surface area (Å²) in [5.41, 5.74) is 2.70. The van der Waals surface area contributed by atoms with Crippen molar-refractivity contribution in [2.45, 2.75) is 39.0 Å². The zero-order valence-electron chi connectivity index (χ0n) is 11.4. The minimum absolute atomic E-state index is 0.0175. The largest absolute Gasteiger partial charge is 0.375 e. The quantitative estimate of drug-likeness (QED) is 0.765. The van der Waals surface area contributed by atoms with Gasteiger partial charge in [-0.05, 0) is 13.8 Å². The maximum absolute atomic E-state index is 12.6. The molecule has 0 bridgehead atoms. The van der Waals surface area contributed by atoms with E-state index in [0.29, 0.717) is 18.8 Å². The van der Waals surface area contributed by atoms with Gasteiger partial charge in [0.2, 0.25) is 0 Å². The Kier molecular flexibility index (Phi) is 3.28. The van der Waals surface area contributed by atoms with Gasteiger partial charge in [0.15, 0.2) is 5.69 Å². The van der Waals surface area contributed by atoms with Crippen LogP contribution in [0.3, 0.4) is 0 Å². The van der Waals surface area contributed by atoms with Gasteiger partial charge < -0.3 is 15.0 Å². The first-order valence-corrected chi connectivity index (χ1v) is 6.88. The van der Waals surface area contributed by atoms with Crippen LogP contribution in [-0.2, 0) is 17.7 Å². The predicted octanol–water partition coefficient (Wildman–Crippen LogP) is 0.305. The molecule has 3 rings (SSSR count). The van der Waals surface area contributed by atoms with Gasteiger partial charge in [0, 0.05) is 37.3 Å². The minimum atomic E-state index is 0.0175. The Morgan fingerprint density at radius 2 is 2.32 bits per heavy atom. The van der Waals surface area contributed by atoms with Gasteiger partial charge in [-0.2, -0.15) is 5.10 Å². The molecule has 3 heterocycles. The fourth-order valence-corrected chi connectivity index (χ4v) is 2.76. The summed E-state index contributed by atoms with van der Waals surface area (Å²) in [5.74, 6) is 0.0175. The second kappa shape index (κ2) is 4.94. The van der Waals surface area contributed by atoms with E-state index < -0.39 is 0 Å². The summed E-state index contributed by atoms with van der Waals surface area (Å²) in [4.78, 5) is 14.5. The van der Waals surface area contributed by atoms with Crippen molar-refractivity contribution >= 4 is 5.91 Å². The third kappa shape index (κ3) is 2.15. The lowest BCUT2D eigenvalue weighted by Crippen LogP contribution is -2.51. The highest BCUT2D eigenvalue weighted by molar-refractivity contribution is 5.94. The van der Waals surface area contributed by atoms with E-state index in [1.165, 1.54) is 0 Å². The number of carbonyl (C=O) groups is 1. The maximum Gasteiger partial charge on any atom is 0.275 e. The van der Waals surface area contributed by atoms with E-state index >= 15 is 0 Å². The molecule has 6 heteroatoms. The van der Waals surface area contributed by atoms with Crippen LogP contribution in [0.15, 0.2) is 0 Å². The molecule has 0 aliphatic carbocycles. The number of fused-ring (bicyclic) bond motifs is 1. The van der Waals surface area contributed by atoms with Crippen LogP contribution in [0, 0.1) is 0 Å². The van der Waals surface area contributed by atoms with E-state index in [-0.39, 0.29) is 18.1 Å². The van der Waals surface area contributed by atoms with E-state index in [9.17, 15) is 4.79 Å². The first-order chi connectivity index (χ1) is 9.18. The Bertz CT molecular complexity index is 485. The molecular formula is C13H20N4O2. The monoisotopic (exact) mass is 264 g/mol. The fourth-order valence-electron chi connectivity index (χ4n) is 2.76. The van der Waals surface area contributed by atoms with Gasteiger partial charge >= 0.3 is 0 Å². The molecule has 6 nitrogen and oxygen atoms in total. The van der Waals surface area contributed by atoms with E-state index in [1.807, 2.05) is 18.7 Å². The molecule has 19 heavy (non-hydrogen) atoms. The topological polar surface area (TPSA) is 70.2 Å². The molecule has 0 saturated carbocycles. The lowest BCUT2D eigenvalue weighted by Gasteiger charge is -2.37. The van der Waals surface area contributed by atoms with Gasteiger partial charge in [-0.3, -0.25) is 9.89 Å². The second-order valence-electron chi connectivity index (χ2n) is 5.27. The Morgan fingerprint density at radius 1 is 1.47 bits per heavy atom. The first kappa shape index (κ1) is 12.6. The molecule has 2 atom stereocenters. The highest BCUT2D eigenvalue weighted by Gasteiger charge is 2.33. The molecule has 0 radical (unpaired) electrons. The number of morpholine rings is 1. The molecule has 1 amide bonds. The molecule has 2 aliphatic heterocycles.